The molecule has 0 unspecified atom stereocenters. The first-order valence-electron chi connectivity index (χ1n) is 10.3. The Labute approximate surface area is 189 Å². The van der Waals surface area contributed by atoms with E-state index in [9.17, 15) is 4.79 Å². The van der Waals surface area contributed by atoms with Crippen LogP contribution >= 0.6 is 23.7 Å². The molecule has 0 saturated carbocycles. The van der Waals surface area contributed by atoms with Crippen molar-refractivity contribution in [2.24, 2.45) is 0 Å². The second-order valence-corrected chi connectivity index (χ2v) is 8.67. The van der Waals surface area contributed by atoms with Crippen molar-refractivity contribution in [1.82, 2.24) is 19.7 Å². The number of thiazole rings is 1. The summed E-state index contributed by atoms with van der Waals surface area (Å²) in [6, 6.07) is 6.21. The number of rotatable bonds is 8. The number of hydrogen-bond donors (Lipinski definition) is 0. The Morgan fingerprint density at radius 2 is 1.87 bits per heavy atom. The molecule has 0 bridgehead atoms. The molecule has 0 aliphatic rings. The van der Waals surface area contributed by atoms with Crippen LogP contribution in [0, 0.1) is 13.8 Å². The molecular formula is C22H32ClN5OS. The number of anilines is 1. The summed E-state index contributed by atoms with van der Waals surface area (Å²) < 4.78 is 2.91. The Morgan fingerprint density at radius 3 is 2.50 bits per heavy atom. The van der Waals surface area contributed by atoms with Gasteiger partial charge in [-0.2, -0.15) is 5.10 Å². The van der Waals surface area contributed by atoms with Crippen LogP contribution in [0.2, 0.25) is 0 Å². The zero-order valence-corrected chi connectivity index (χ0v) is 20.3. The van der Waals surface area contributed by atoms with E-state index in [1.165, 1.54) is 5.56 Å². The van der Waals surface area contributed by atoms with E-state index in [1.807, 2.05) is 18.7 Å². The fraction of sp³-hybridized carbons (Fsp3) is 0.500. The van der Waals surface area contributed by atoms with Crippen LogP contribution in [0.5, 0.6) is 0 Å². The number of carbonyl (C=O) groups is 1. The average Bonchev–Trinajstić information content (AvgIpc) is 3.32. The van der Waals surface area contributed by atoms with Gasteiger partial charge in [0.05, 0.1) is 10.2 Å². The van der Waals surface area contributed by atoms with Crippen LogP contribution in [-0.4, -0.2) is 51.8 Å². The Kier molecular flexibility index (Phi) is 8.41. The number of amides is 1. The van der Waals surface area contributed by atoms with Crippen molar-refractivity contribution in [2.45, 2.75) is 47.6 Å². The van der Waals surface area contributed by atoms with E-state index >= 15 is 0 Å². The molecule has 0 radical (unpaired) electrons. The standard InChI is InChI=1S/C22H31N5OS.ClH/c1-7-25(8-2)11-12-26(21(28)18-9-10-23-27(18)15(3)4)22-24-20-17(6)13-16(5)14-19(20)29-22;/h9-10,13-15H,7-8,11-12H2,1-6H3;1H. The van der Waals surface area contributed by atoms with Gasteiger partial charge in [-0.15, -0.1) is 12.4 Å². The number of nitrogens with zero attached hydrogens (tertiary/aromatic N) is 5. The van der Waals surface area contributed by atoms with Gasteiger partial charge in [-0.25, -0.2) is 4.98 Å². The molecule has 0 saturated heterocycles. The molecule has 1 aromatic carbocycles. The van der Waals surface area contributed by atoms with Crippen LogP contribution in [-0.2, 0) is 0 Å². The molecule has 0 N–H and O–H groups in total. The van der Waals surface area contributed by atoms with Crippen LogP contribution in [0.3, 0.4) is 0 Å². The van der Waals surface area contributed by atoms with Gasteiger partial charge in [0.2, 0.25) is 0 Å². The summed E-state index contributed by atoms with van der Waals surface area (Å²) in [6.45, 7) is 15.9. The highest BCUT2D eigenvalue weighted by molar-refractivity contribution is 7.22. The zero-order chi connectivity index (χ0) is 21.1. The monoisotopic (exact) mass is 449 g/mol. The van der Waals surface area contributed by atoms with Crippen LogP contribution in [0.4, 0.5) is 5.13 Å². The Bertz CT molecular complexity index is 993. The fourth-order valence-corrected chi connectivity index (χ4v) is 4.74. The van der Waals surface area contributed by atoms with Crippen LogP contribution in [0.1, 0.15) is 55.4 Å². The Hall–Kier alpha value is -1.96. The van der Waals surface area contributed by atoms with Gasteiger partial charge in [0.15, 0.2) is 5.13 Å². The lowest BCUT2D eigenvalue weighted by Crippen LogP contribution is -2.39. The van der Waals surface area contributed by atoms with Gasteiger partial charge in [0, 0.05) is 25.3 Å². The number of halogens is 1. The number of likely N-dealkylation sites (N-methyl/N-ethyl adjacent to an activating group) is 1. The predicted octanol–water partition coefficient (Wildman–Crippen LogP) is 5.10. The summed E-state index contributed by atoms with van der Waals surface area (Å²) in [7, 11) is 0. The summed E-state index contributed by atoms with van der Waals surface area (Å²) >= 11 is 1.59. The lowest BCUT2D eigenvalue weighted by molar-refractivity contribution is 0.0971. The van der Waals surface area contributed by atoms with E-state index in [-0.39, 0.29) is 24.4 Å². The number of benzene rings is 1. The molecule has 0 atom stereocenters. The van der Waals surface area contributed by atoms with Gasteiger partial charge in [-0.1, -0.05) is 31.3 Å². The lowest BCUT2D eigenvalue weighted by Gasteiger charge is -2.25. The van der Waals surface area contributed by atoms with Crippen LogP contribution in [0.25, 0.3) is 10.2 Å². The molecule has 6 nitrogen and oxygen atoms in total. The molecule has 2 heterocycles. The maximum absolute atomic E-state index is 13.6. The molecule has 30 heavy (non-hydrogen) atoms. The second-order valence-electron chi connectivity index (χ2n) is 7.66. The molecule has 3 aromatic rings. The summed E-state index contributed by atoms with van der Waals surface area (Å²) in [5.41, 5.74) is 3.94. The molecule has 8 heteroatoms. The molecule has 164 valence electrons. The first-order valence-corrected chi connectivity index (χ1v) is 11.1. The number of hydrogen-bond acceptors (Lipinski definition) is 5. The molecule has 2 aromatic heterocycles. The van der Waals surface area contributed by atoms with Crippen molar-refractivity contribution in [1.29, 1.82) is 0 Å². The number of aryl methyl sites for hydroxylation is 2. The Balaban J connectivity index is 0.00000320. The first-order chi connectivity index (χ1) is 13.8. The summed E-state index contributed by atoms with van der Waals surface area (Å²) in [5, 5.41) is 5.10. The van der Waals surface area contributed by atoms with Crippen molar-refractivity contribution < 1.29 is 4.79 Å². The third-order valence-corrected chi connectivity index (χ3v) is 6.23. The molecular weight excluding hydrogens is 418 g/mol. The van der Waals surface area contributed by atoms with Crippen molar-refractivity contribution in [3.63, 3.8) is 0 Å². The third kappa shape index (κ3) is 5.02. The second kappa shape index (κ2) is 10.4. The maximum atomic E-state index is 13.6. The third-order valence-electron chi connectivity index (χ3n) is 5.21. The van der Waals surface area contributed by atoms with Crippen molar-refractivity contribution in [3.05, 3.63) is 41.2 Å². The smallest absolute Gasteiger partial charge is 0.278 e. The van der Waals surface area contributed by atoms with Crippen LogP contribution in [0.15, 0.2) is 24.4 Å². The summed E-state index contributed by atoms with van der Waals surface area (Å²) in [4.78, 5) is 22.6. The van der Waals surface area contributed by atoms with Gasteiger partial charge in [0.25, 0.3) is 5.91 Å². The van der Waals surface area contributed by atoms with E-state index < -0.39 is 0 Å². The summed E-state index contributed by atoms with van der Waals surface area (Å²) in [6.07, 6.45) is 1.70. The molecule has 3 rings (SSSR count). The van der Waals surface area contributed by atoms with E-state index in [2.05, 4.69) is 49.8 Å². The van der Waals surface area contributed by atoms with Crippen molar-refractivity contribution >= 4 is 45.0 Å². The maximum Gasteiger partial charge on any atom is 0.278 e. The topological polar surface area (TPSA) is 54.3 Å². The minimum atomic E-state index is -0.0446. The highest BCUT2D eigenvalue weighted by atomic mass is 35.5. The van der Waals surface area contributed by atoms with E-state index in [0.29, 0.717) is 12.2 Å². The predicted molar refractivity (Wildman–Crippen MR) is 128 cm³/mol. The van der Waals surface area contributed by atoms with Gasteiger partial charge < -0.3 is 4.90 Å². The number of aromatic nitrogens is 3. The molecule has 1 amide bonds. The van der Waals surface area contributed by atoms with Gasteiger partial charge >= 0.3 is 0 Å². The highest BCUT2D eigenvalue weighted by Gasteiger charge is 2.25. The first kappa shape index (κ1) is 24.3. The largest absolute Gasteiger partial charge is 0.302 e. The van der Waals surface area contributed by atoms with Gasteiger partial charge in [-0.3, -0.25) is 14.4 Å². The van der Waals surface area contributed by atoms with Crippen LogP contribution < -0.4 is 4.90 Å². The molecule has 0 fully saturated rings. The zero-order valence-electron chi connectivity index (χ0n) is 18.7. The fourth-order valence-electron chi connectivity index (χ4n) is 3.57. The lowest BCUT2D eigenvalue weighted by atomic mass is 10.1. The SMILES string of the molecule is CCN(CC)CCN(C(=O)c1ccnn1C(C)C)c1nc2c(C)cc(C)cc2s1.Cl. The Morgan fingerprint density at radius 1 is 1.17 bits per heavy atom. The van der Waals surface area contributed by atoms with E-state index in [1.54, 1.807) is 28.3 Å². The van der Waals surface area contributed by atoms with Crippen molar-refractivity contribution in [3.8, 4) is 0 Å². The molecule has 0 spiro atoms. The van der Waals surface area contributed by atoms with Gasteiger partial charge in [-0.05, 0) is 64.0 Å². The molecule has 0 aliphatic heterocycles. The molecule has 0 aliphatic carbocycles. The van der Waals surface area contributed by atoms with Gasteiger partial charge in [0.1, 0.15) is 5.69 Å². The minimum absolute atomic E-state index is 0. The number of carbonyl (C=O) groups excluding carboxylic acids is 1. The highest BCUT2D eigenvalue weighted by Crippen LogP contribution is 2.32. The van der Waals surface area contributed by atoms with E-state index in [4.69, 9.17) is 4.98 Å². The normalized spacial score (nSPS) is 11.3. The van der Waals surface area contributed by atoms with Crippen molar-refractivity contribution in [2.75, 3.05) is 31.1 Å². The van der Waals surface area contributed by atoms with E-state index in [0.717, 1.165) is 40.5 Å². The summed E-state index contributed by atoms with van der Waals surface area (Å²) in [5.74, 6) is -0.0446. The average molecular weight is 450 g/mol. The quantitative estimate of drug-likeness (QED) is 0.480. The number of fused-ring (bicyclic) bond motifs is 1. The minimum Gasteiger partial charge on any atom is -0.302 e.